The SMILES string of the molecule is O=C(O)c1ccc(Oc2ccc(C3(C(F)(F)F)CC3)cc2)cc1. The lowest BCUT2D eigenvalue weighted by Crippen LogP contribution is -2.28. The van der Waals surface area contributed by atoms with E-state index in [0.717, 1.165) is 0 Å². The van der Waals surface area contributed by atoms with Gasteiger partial charge in [-0.25, -0.2) is 4.79 Å². The summed E-state index contributed by atoms with van der Waals surface area (Å²) in [6.45, 7) is 0. The second-order valence-corrected chi connectivity index (χ2v) is 5.54. The van der Waals surface area contributed by atoms with E-state index in [1.165, 1.54) is 48.5 Å². The summed E-state index contributed by atoms with van der Waals surface area (Å²) in [5.41, 5.74) is -1.32. The maximum atomic E-state index is 13.1. The third kappa shape index (κ3) is 2.88. The van der Waals surface area contributed by atoms with Gasteiger partial charge < -0.3 is 9.84 Å². The van der Waals surface area contributed by atoms with Crippen molar-refractivity contribution in [2.45, 2.75) is 24.4 Å². The lowest BCUT2D eigenvalue weighted by Gasteiger charge is -2.19. The number of rotatable bonds is 4. The summed E-state index contributed by atoms with van der Waals surface area (Å²) in [5.74, 6) is -0.225. The molecule has 2 aromatic carbocycles. The Morgan fingerprint density at radius 1 is 0.957 bits per heavy atom. The first-order valence-corrected chi connectivity index (χ1v) is 7.00. The van der Waals surface area contributed by atoms with Gasteiger partial charge in [-0.2, -0.15) is 13.2 Å². The molecule has 0 atom stereocenters. The molecule has 0 radical (unpaired) electrons. The van der Waals surface area contributed by atoms with Crippen molar-refractivity contribution in [2.24, 2.45) is 0 Å². The number of hydrogen-bond donors (Lipinski definition) is 1. The largest absolute Gasteiger partial charge is 0.478 e. The number of carbonyl (C=O) groups is 1. The Bertz CT molecular complexity index is 714. The summed E-state index contributed by atoms with van der Waals surface area (Å²) in [4.78, 5) is 10.8. The predicted octanol–water partition coefficient (Wildman–Crippen LogP) is 4.77. The van der Waals surface area contributed by atoms with Crippen molar-refractivity contribution in [1.29, 1.82) is 0 Å². The zero-order valence-electron chi connectivity index (χ0n) is 11.9. The van der Waals surface area contributed by atoms with E-state index in [2.05, 4.69) is 0 Å². The zero-order valence-corrected chi connectivity index (χ0v) is 11.9. The summed E-state index contributed by atoms with van der Waals surface area (Å²) in [6, 6.07) is 11.6. The highest BCUT2D eigenvalue weighted by atomic mass is 19.4. The molecular formula is C17H13F3O3. The van der Waals surface area contributed by atoms with Crippen LogP contribution in [0.4, 0.5) is 13.2 Å². The molecule has 0 saturated heterocycles. The van der Waals surface area contributed by atoms with Gasteiger partial charge in [0, 0.05) is 0 Å². The number of carboxylic acid groups (broad SMARTS) is 1. The monoisotopic (exact) mass is 322 g/mol. The maximum Gasteiger partial charge on any atom is 0.398 e. The van der Waals surface area contributed by atoms with E-state index in [-0.39, 0.29) is 24.0 Å². The van der Waals surface area contributed by atoms with Crippen LogP contribution in [0.5, 0.6) is 11.5 Å². The molecule has 120 valence electrons. The third-order valence-corrected chi connectivity index (χ3v) is 4.04. The van der Waals surface area contributed by atoms with Gasteiger partial charge in [0.15, 0.2) is 0 Å². The first-order valence-electron chi connectivity index (χ1n) is 7.00. The molecule has 0 amide bonds. The number of ether oxygens (including phenoxy) is 1. The number of benzene rings is 2. The Morgan fingerprint density at radius 2 is 1.43 bits per heavy atom. The predicted molar refractivity (Wildman–Crippen MR) is 76.9 cm³/mol. The van der Waals surface area contributed by atoms with E-state index in [4.69, 9.17) is 9.84 Å². The van der Waals surface area contributed by atoms with Gasteiger partial charge in [-0.05, 0) is 54.8 Å². The van der Waals surface area contributed by atoms with E-state index >= 15 is 0 Å². The van der Waals surface area contributed by atoms with Crippen molar-refractivity contribution in [3.8, 4) is 11.5 Å². The molecule has 3 nitrogen and oxygen atoms in total. The third-order valence-electron chi connectivity index (χ3n) is 4.04. The lowest BCUT2D eigenvalue weighted by atomic mass is 9.95. The smallest absolute Gasteiger partial charge is 0.398 e. The Labute approximate surface area is 130 Å². The molecule has 0 aliphatic heterocycles. The molecular weight excluding hydrogens is 309 g/mol. The van der Waals surface area contributed by atoms with Crippen molar-refractivity contribution in [3.05, 3.63) is 59.7 Å². The molecule has 3 rings (SSSR count). The number of aromatic carboxylic acids is 1. The number of hydrogen-bond acceptors (Lipinski definition) is 2. The van der Waals surface area contributed by atoms with Crippen LogP contribution in [0, 0.1) is 0 Å². The van der Waals surface area contributed by atoms with Gasteiger partial charge >= 0.3 is 12.1 Å². The van der Waals surface area contributed by atoms with Crippen molar-refractivity contribution in [1.82, 2.24) is 0 Å². The van der Waals surface area contributed by atoms with E-state index < -0.39 is 17.6 Å². The molecule has 1 saturated carbocycles. The Balaban J connectivity index is 1.74. The summed E-state index contributed by atoms with van der Waals surface area (Å²) >= 11 is 0. The molecule has 0 bridgehead atoms. The van der Waals surface area contributed by atoms with Crippen LogP contribution < -0.4 is 4.74 Å². The molecule has 0 unspecified atom stereocenters. The molecule has 0 heterocycles. The maximum absolute atomic E-state index is 13.1. The highest BCUT2D eigenvalue weighted by Gasteiger charge is 2.64. The van der Waals surface area contributed by atoms with Crippen molar-refractivity contribution >= 4 is 5.97 Å². The fraction of sp³-hybridized carbons (Fsp3) is 0.235. The minimum atomic E-state index is -4.23. The van der Waals surface area contributed by atoms with Gasteiger partial charge in [0.1, 0.15) is 11.5 Å². The molecule has 6 heteroatoms. The lowest BCUT2D eigenvalue weighted by molar-refractivity contribution is -0.160. The van der Waals surface area contributed by atoms with Gasteiger partial charge in [0.2, 0.25) is 0 Å². The Morgan fingerprint density at radius 3 is 1.83 bits per heavy atom. The highest BCUT2D eigenvalue weighted by Crippen LogP contribution is 2.58. The van der Waals surface area contributed by atoms with E-state index in [1.807, 2.05) is 0 Å². The van der Waals surface area contributed by atoms with Crippen molar-refractivity contribution in [3.63, 3.8) is 0 Å². The Kier molecular flexibility index (Phi) is 3.55. The number of alkyl halides is 3. The van der Waals surface area contributed by atoms with Gasteiger partial charge in [-0.3, -0.25) is 0 Å². The van der Waals surface area contributed by atoms with Gasteiger partial charge in [-0.15, -0.1) is 0 Å². The summed E-state index contributed by atoms with van der Waals surface area (Å²) in [7, 11) is 0. The molecule has 1 fully saturated rings. The molecule has 1 aliphatic rings. The summed E-state index contributed by atoms with van der Waals surface area (Å²) < 4.78 is 44.7. The average Bonchev–Trinajstić information content (AvgIpc) is 3.30. The zero-order chi connectivity index (χ0) is 16.7. The fourth-order valence-electron chi connectivity index (χ4n) is 2.50. The molecule has 1 aliphatic carbocycles. The number of carboxylic acids is 1. The fourth-order valence-corrected chi connectivity index (χ4v) is 2.50. The summed E-state index contributed by atoms with van der Waals surface area (Å²) in [5, 5.41) is 8.81. The molecule has 23 heavy (non-hydrogen) atoms. The van der Waals surface area contributed by atoms with Gasteiger partial charge in [0.05, 0.1) is 11.0 Å². The van der Waals surface area contributed by atoms with Crippen LogP contribution in [0.3, 0.4) is 0 Å². The molecule has 0 spiro atoms. The van der Waals surface area contributed by atoms with Crippen LogP contribution in [0.25, 0.3) is 0 Å². The van der Waals surface area contributed by atoms with Crippen molar-refractivity contribution < 1.29 is 27.8 Å². The Hall–Kier alpha value is -2.50. The second-order valence-electron chi connectivity index (χ2n) is 5.54. The van der Waals surface area contributed by atoms with E-state index in [0.29, 0.717) is 11.5 Å². The van der Waals surface area contributed by atoms with E-state index in [9.17, 15) is 18.0 Å². The minimum absolute atomic E-state index is 0.118. The first kappa shape index (κ1) is 15.4. The highest BCUT2D eigenvalue weighted by molar-refractivity contribution is 5.87. The van der Waals surface area contributed by atoms with Crippen LogP contribution in [0.15, 0.2) is 48.5 Å². The molecule has 0 aromatic heterocycles. The second kappa shape index (κ2) is 5.30. The van der Waals surface area contributed by atoms with Gasteiger partial charge in [0.25, 0.3) is 0 Å². The van der Waals surface area contributed by atoms with Crippen LogP contribution in [-0.4, -0.2) is 17.3 Å². The standard InChI is InChI=1S/C17H13F3O3/c18-17(19,20)16(9-10-16)12-3-7-14(8-4-12)23-13-5-1-11(2-6-13)15(21)22/h1-8H,9-10H2,(H,21,22). The average molecular weight is 322 g/mol. The van der Waals surface area contributed by atoms with Crippen LogP contribution in [0.2, 0.25) is 0 Å². The van der Waals surface area contributed by atoms with Crippen LogP contribution in [0.1, 0.15) is 28.8 Å². The van der Waals surface area contributed by atoms with Crippen LogP contribution in [-0.2, 0) is 5.41 Å². The summed E-state index contributed by atoms with van der Waals surface area (Å²) in [6.07, 6.45) is -4.00. The number of halogens is 3. The first-order chi connectivity index (χ1) is 10.8. The van der Waals surface area contributed by atoms with Gasteiger partial charge in [-0.1, -0.05) is 12.1 Å². The van der Waals surface area contributed by atoms with Crippen molar-refractivity contribution in [2.75, 3.05) is 0 Å². The van der Waals surface area contributed by atoms with Crippen LogP contribution >= 0.6 is 0 Å². The molecule has 2 aromatic rings. The quantitative estimate of drug-likeness (QED) is 0.882. The topological polar surface area (TPSA) is 46.5 Å². The molecule has 1 N–H and O–H groups in total. The minimum Gasteiger partial charge on any atom is -0.478 e. The van der Waals surface area contributed by atoms with E-state index in [1.54, 1.807) is 0 Å². The normalized spacial score (nSPS) is 16.0.